The van der Waals surface area contributed by atoms with Crippen LogP contribution in [0.5, 0.6) is 5.75 Å². The van der Waals surface area contributed by atoms with Crippen LogP contribution in [0.2, 0.25) is 5.02 Å². The quantitative estimate of drug-likeness (QED) is 0.920. The van der Waals surface area contributed by atoms with Gasteiger partial charge in [0.05, 0.1) is 22.3 Å². The molecule has 2 saturated heterocycles. The zero-order valence-corrected chi connectivity index (χ0v) is 14.0. The van der Waals surface area contributed by atoms with Crippen LogP contribution in [-0.4, -0.2) is 23.2 Å². The molecule has 1 N–H and O–H groups in total. The average molecular weight is 340 g/mol. The number of nitrogens with zero attached hydrogens (tertiary/aromatic N) is 2. The lowest BCUT2D eigenvalue weighted by molar-refractivity contribution is 0.137. The molecule has 1 aromatic carbocycles. The summed E-state index contributed by atoms with van der Waals surface area (Å²) in [6.45, 7) is 0. The van der Waals surface area contributed by atoms with Crippen molar-refractivity contribution in [2.75, 3.05) is 0 Å². The van der Waals surface area contributed by atoms with Gasteiger partial charge in [0.25, 0.3) is 0 Å². The highest BCUT2D eigenvalue weighted by atomic mass is 35.5. The van der Waals surface area contributed by atoms with E-state index in [0.717, 1.165) is 24.2 Å². The highest BCUT2D eigenvalue weighted by Crippen LogP contribution is 2.33. The Morgan fingerprint density at radius 2 is 2.00 bits per heavy atom. The molecular formula is C19H18ClN3O. The number of nitrogens with one attached hydrogen (secondary N) is 1. The number of benzene rings is 1. The molecule has 3 atom stereocenters. The minimum absolute atomic E-state index is 0.199. The first-order chi connectivity index (χ1) is 11.7. The van der Waals surface area contributed by atoms with Gasteiger partial charge in [0.15, 0.2) is 0 Å². The number of aromatic nitrogens is 1. The van der Waals surface area contributed by atoms with Crippen molar-refractivity contribution in [2.24, 2.45) is 0 Å². The van der Waals surface area contributed by atoms with E-state index in [1.165, 1.54) is 12.8 Å². The second-order valence-corrected chi connectivity index (χ2v) is 6.95. The summed E-state index contributed by atoms with van der Waals surface area (Å²) in [5, 5.41) is 13.5. The molecular weight excluding hydrogens is 322 g/mol. The second kappa shape index (κ2) is 6.43. The Morgan fingerprint density at radius 1 is 1.21 bits per heavy atom. The molecule has 24 heavy (non-hydrogen) atoms. The molecule has 4 rings (SSSR count). The van der Waals surface area contributed by atoms with Crippen molar-refractivity contribution in [3.8, 4) is 23.1 Å². The van der Waals surface area contributed by atoms with Crippen LogP contribution in [0, 0.1) is 11.3 Å². The van der Waals surface area contributed by atoms with E-state index in [2.05, 4.69) is 16.4 Å². The van der Waals surface area contributed by atoms with Crippen LogP contribution < -0.4 is 10.1 Å². The number of pyridine rings is 1. The van der Waals surface area contributed by atoms with Gasteiger partial charge in [0.2, 0.25) is 0 Å². The van der Waals surface area contributed by atoms with Crippen molar-refractivity contribution in [1.82, 2.24) is 10.3 Å². The predicted molar refractivity (Wildman–Crippen MR) is 93.0 cm³/mol. The minimum Gasteiger partial charge on any atom is -0.490 e. The fourth-order valence-corrected chi connectivity index (χ4v) is 3.99. The van der Waals surface area contributed by atoms with E-state index in [9.17, 15) is 5.26 Å². The monoisotopic (exact) mass is 339 g/mol. The molecule has 3 heterocycles. The molecule has 2 aliphatic rings. The zero-order chi connectivity index (χ0) is 16.5. The highest BCUT2D eigenvalue weighted by molar-refractivity contribution is 6.33. The molecule has 0 spiro atoms. The maximum absolute atomic E-state index is 9.33. The Kier molecular flexibility index (Phi) is 4.13. The molecule has 2 aliphatic heterocycles. The van der Waals surface area contributed by atoms with Crippen molar-refractivity contribution in [2.45, 2.75) is 43.9 Å². The van der Waals surface area contributed by atoms with Crippen LogP contribution in [0.25, 0.3) is 11.3 Å². The van der Waals surface area contributed by atoms with Crippen molar-refractivity contribution in [1.29, 1.82) is 5.26 Å². The number of halogens is 1. The zero-order valence-electron chi connectivity index (χ0n) is 13.2. The molecule has 2 bridgehead atoms. The Morgan fingerprint density at radius 3 is 2.71 bits per heavy atom. The van der Waals surface area contributed by atoms with E-state index in [-0.39, 0.29) is 6.10 Å². The maximum atomic E-state index is 9.33. The first-order valence-electron chi connectivity index (χ1n) is 8.30. The van der Waals surface area contributed by atoms with Gasteiger partial charge < -0.3 is 10.1 Å². The third kappa shape index (κ3) is 3.10. The average Bonchev–Trinajstić information content (AvgIpc) is 2.93. The summed E-state index contributed by atoms with van der Waals surface area (Å²) in [6.07, 6.45) is 6.41. The Hall–Kier alpha value is -2.09. The summed E-state index contributed by atoms with van der Waals surface area (Å²) in [6, 6.07) is 12.5. The van der Waals surface area contributed by atoms with E-state index in [0.29, 0.717) is 28.4 Å². The molecule has 4 nitrogen and oxygen atoms in total. The van der Waals surface area contributed by atoms with Crippen LogP contribution in [-0.2, 0) is 0 Å². The number of ether oxygens (including phenoxy) is 1. The topological polar surface area (TPSA) is 57.9 Å². The summed E-state index contributed by atoms with van der Waals surface area (Å²) in [4.78, 5) is 4.34. The van der Waals surface area contributed by atoms with E-state index in [4.69, 9.17) is 16.3 Å². The summed E-state index contributed by atoms with van der Waals surface area (Å²) in [7, 11) is 0. The van der Waals surface area contributed by atoms with Gasteiger partial charge in [-0.1, -0.05) is 11.6 Å². The largest absolute Gasteiger partial charge is 0.490 e. The molecule has 122 valence electrons. The smallest absolute Gasteiger partial charge is 0.121 e. The third-order valence-electron chi connectivity index (χ3n) is 4.80. The van der Waals surface area contributed by atoms with Crippen molar-refractivity contribution in [3.63, 3.8) is 0 Å². The van der Waals surface area contributed by atoms with Gasteiger partial charge in [-0.3, -0.25) is 4.98 Å². The van der Waals surface area contributed by atoms with Gasteiger partial charge in [0, 0.05) is 23.8 Å². The normalized spacial score (nSPS) is 25.2. The molecule has 0 aliphatic carbocycles. The number of hydrogen-bond acceptors (Lipinski definition) is 4. The van der Waals surface area contributed by atoms with Gasteiger partial charge in [-0.25, -0.2) is 0 Å². The van der Waals surface area contributed by atoms with Crippen molar-refractivity contribution < 1.29 is 4.74 Å². The summed E-state index contributed by atoms with van der Waals surface area (Å²) in [5.74, 6) is 0.720. The van der Waals surface area contributed by atoms with Crippen molar-refractivity contribution in [3.05, 3.63) is 47.1 Å². The van der Waals surface area contributed by atoms with Crippen LogP contribution >= 0.6 is 11.6 Å². The van der Waals surface area contributed by atoms with Crippen molar-refractivity contribution >= 4 is 11.6 Å². The molecule has 0 amide bonds. The molecule has 2 aromatic rings. The fraction of sp³-hybridized carbons (Fsp3) is 0.368. The lowest BCUT2D eigenvalue weighted by Crippen LogP contribution is -2.42. The summed E-state index contributed by atoms with van der Waals surface area (Å²) in [5.41, 5.74) is 2.04. The van der Waals surface area contributed by atoms with E-state index >= 15 is 0 Å². The van der Waals surface area contributed by atoms with Crippen LogP contribution in [0.4, 0.5) is 0 Å². The summed E-state index contributed by atoms with van der Waals surface area (Å²) < 4.78 is 6.22. The van der Waals surface area contributed by atoms with Gasteiger partial charge in [-0.15, -0.1) is 0 Å². The Labute approximate surface area is 146 Å². The van der Waals surface area contributed by atoms with Gasteiger partial charge in [0.1, 0.15) is 11.9 Å². The van der Waals surface area contributed by atoms with Crippen LogP contribution in [0.3, 0.4) is 0 Å². The first-order valence-corrected chi connectivity index (χ1v) is 8.68. The Bertz CT molecular complexity index is 789. The molecule has 0 unspecified atom stereocenters. The fourth-order valence-electron chi connectivity index (χ4n) is 3.76. The first kappa shape index (κ1) is 15.4. The lowest BCUT2D eigenvalue weighted by atomic mass is 10.0. The number of piperidine rings is 1. The predicted octanol–water partition coefficient (Wildman–Crippen LogP) is 3.94. The number of nitriles is 1. The number of hydrogen-bond donors (Lipinski definition) is 1. The highest BCUT2D eigenvalue weighted by Gasteiger charge is 2.34. The number of rotatable bonds is 3. The maximum Gasteiger partial charge on any atom is 0.121 e. The molecule has 1 aromatic heterocycles. The van der Waals surface area contributed by atoms with Gasteiger partial charge in [-0.05, 0) is 56.0 Å². The standard InChI is InChI=1S/C19H18ClN3O/c20-18-2-1-5-22-19(18)13-6-12(11-21)7-16(8-13)24-17-9-14-3-4-15(10-17)23-14/h1-2,5-8,14-15,17,23H,3-4,9-10H2/t14-,15+,17-. The Balaban J connectivity index is 1.63. The van der Waals surface area contributed by atoms with E-state index in [1.54, 1.807) is 30.5 Å². The second-order valence-electron chi connectivity index (χ2n) is 6.54. The molecule has 0 saturated carbocycles. The van der Waals surface area contributed by atoms with E-state index < -0.39 is 0 Å². The summed E-state index contributed by atoms with van der Waals surface area (Å²) >= 11 is 6.25. The molecule has 0 radical (unpaired) electrons. The third-order valence-corrected chi connectivity index (χ3v) is 5.11. The number of fused-ring (bicyclic) bond motifs is 2. The SMILES string of the molecule is N#Cc1cc(O[C@@H]2C[C@H]3CC[C@@H](C2)N3)cc(-c2ncccc2Cl)c1. The van der Waals surface area contributed by atoms with Gasteiger partial charge >= 0.3 is 0 Å². The van der Waals surface area contributed by atoms with Crippen LogP contribution in [0.1, 0.15) is 31.2 Å². The molecule has 2 fully saturated rings. The minimum atomic E-state index is 0.199. The van der Waals surface area contributed by atoms with Crippen LogP contribution in [0.15, 0.2) is 36.5 Å². The van der Waals surface area contributed by atoms with Gasteiger partial charge in [-0.2, -0.15) is 5.26 Å². The lowest BCUT2D eigenvalue weighted by Gasteiger charge is -2.29. The van der Waals surface area contributed by atoms with E-state index in [1.807, 2.05) is 6.07 Å². The molecule has 5 heteroatoms.